The summed E-state index contributed by atoms with van der Waals surface area (Å²) in [5.74, 6) is 0. The molecule has 2 rings (SSSR count). The second kappa shape index (κ2) is 11.3. The second-order valence-electron chi connectivity index (χ2n) is 7.21. The number of rotatable bonds is 6. The summed E-state index contributed by atoms with van der Waals surface area (Å²) < 4.78 is 0. The molecule has 0 aromatic heterocycles. The highest BCUT2D eigenvalue weighted by Gasteiger charge is 2.04. The van der Waals surface area contributed by atoms with Gasteiger partial charge in [-0.05, 0) is 71.1 Å². The third kappa shape index (κ3) is 10.3. The quantitative estimate of drug-likeness (QED) is 0.786. The molecule has 0 atom stereocenters. The molecule has 0 heterocycles. The van der Waals surface area contributed by atoms with E-state index in [9.17, 15) is 0 Å². The summed E-state index contributed by atoms with van der Waals surface area (Å²) in [6, 6.07) is 16.7. The van der Waals surface area contributed by atoms with Crippen LogP contribution < -0.4 is 0 Å². The van der Waals surface area contributed by atoms with Gasteiger partial charge in [0.2, 0.25) is 0 Å². The Morgan fingerprint density at radius 3 is 1.12 bits per heavy atom. The van der Waals surface area contributed by atoms with Crippen LogP contribution in [0.4, 0.5) is 0 Å². The Hall–Kier alpha value is -1.33. The minimum Gasteiger partial charge on any atom is -0.305 e. The Labute approximate surface area is 159 Å². The smallest absolute Gasteiger partial charge is 0.0227 e. The van der Waals surface area contributed by atoms with Crippen molar-refractivity contribution in [3.63, 3.8) is 0 Å². The van der Waals surface area contributed by atoms with Crippen LogP contribution >= 0.6 is 12.6 Å². The van der Waals surface area contributed by atoms with Crippen LogP contribution in [0.5, 0.6) is 0 Å². The van der Waals surface area contributed by atoms with Crippen molar-refractivity contribution in [3.8, 4) is 0 Å². The topological polar surface area (TPSA) is 9.72 Å². The van der Waals surface area contributed by atoms with Crippen LogP contribution in [0.2, 0.25) is 0 Å². The molecule has 2 aromatic carbocycles. The van der Waals surface area contributed by atoms with Gasteiger partial charge in [0.15, 0.2) is 0 Å². The maximum absolute atomic E-state index is 4.08. The normalized spacial score (nSPS) is 11.0. The molecule has 4 heteroatoms. The van der Waals surface area contributed by atoms with Crippen LogP contribution in [0.25, 0.3) is 0 Å². The van der Waals surface area contributed by atoms with Gasteiger partial charge < -0.3 is 14.7 Å². The van der Waals surface area contributed by atoms with Crippen molar-refractivity contribution in [3.05, 3.63) is 65.2 Å². The third-order valence-electron chi connectivity index (χ3n) is 3.36. The minimum atomic E-state index is 1.00. The number of nitrogens with zero attached hydrogens (tertiary/aromatic N) is 3. The van der Waals surface area contributed by atoms with Crippen molar-refractivity contribution < 1.29 is 0 Å². The lowest BCUT2D eigenvalue weighted by molar-refractivity contribution is 0.389. The number of hydrogen-bond acceptors (Lipinski definition) is 4. The summed E-state index contributed by atoms with van der Waals surface area (Å²) in [7, 11) is 12.7. The molecule has 0 aliphatic heterocycles. The predicted octanol–water partition coefficient (Wildman–Crippen LogP) is 3.85. The van der Waals surface area contributed by atoms with Crippen molar-refractivity contribution in [1.82, 2.24) is 14.7 Å². The van der Waals surface area contributed by atoms with Gasteiger partial charge in [0, 0.05) is 24.5 Å². The zero-order valence-corrected chi connectivity index (χ0v) is 17.4. The first-order valence-electron chi connectivity index (χ1n) is 8.56. The Kier molecular flexibility index (Phi) is 9.83. The van der Waals surface area contributed by atoms with Gasteiger partial charge in [-0.3, -0.25) is 0 Å². The highest BCUT2D eigenvalue weighted by molar-refractivity contribution is 7.80. The molecule has 0 radical (unpaired) electrons. The van der Waals surface area contributed by atoms with E-state index in [2.05, 4.69) is 87.8 Å². The lowest BCUT2D eigenvalue weighted by Gasteiger charge is -2.17. The van der Waals surface area contributed by atoms with E-state index in [1.165, 1.54) is 16.7 Å². The summed E-state index contributed by atoms with van der Waals surface area (Å²) in [5, 5.41) is 0. The molecule has 0 N–H and O–H groups in total. The van der Waals surface area contributed by atoms with Crippen LogP contribution in [-0.2, 0) is 19.6 Å². The molecule has 0 aliphatic carbocycles. The molecule has 0 spiro atoms. The van der Waals surface area contributed by atoms with Gasteiger partial charge in [0.1, 0.15) is 0 Å². The van der Waals surface area contributed by atoms with E-state index in [0.29, 0.717) is 0 Å². The van der Waals surface area contributed by atoms with E-state index in [1.54, 1.807) is 0 Å². The van der Waals surface area contributed by atoms with E-state index in [4.69, 9.17) is 0 Å². The van der Waals surface area contributed by atoms with Crippen molar-refractivity contribution in [1.29, 1.82) is 0 Å². The second-order valence-corrected chi connectivity index (χ2v) is 7.72. The first kappa shape index (κ1) is 21.7. The van der Waals surface area contributed by atoms with Crippen LogP contribution in [-0.4, -0.2) is 57.0 Å². The van der Waals surface area contributed by atoms with Crippen LogP contribution in [0, 0.1) is 0 Å². The van der Waals surface area contributed by atoms with E-state index < -0.39 is 0 Å². The summed E-state index contributed by atoms with van der Waals surface area (Å²) in [6.45, 7) is 3.01. The highest BCUT2D eigenvalue weighted by atomic mass is 32.1. The van der Waals surface area contributed by atoms with E-state index >= 15 is 0 Å². The third-order valence-corrected chi connectivity index (χ3v) is 3.66. The van der Waals surface area contributed by atoms with Crippen molar-refractivity contribution in [2.45, 2.75) is 24.5 Å². The maximum atomic E-state index is 4.08. The fraction of sp³-hybridized carbons (Fsp3) is 0.429. The first-order chi connectivity index (χ1) is 11.8. The van der Waals surface area contributed by atoms with Crippen molar-refractivity contribution in [2.75, 3.05) is 42.3 Å². The fourth-order valence-corrected chi connectivity index (χ4v) is 2.81. The molecule has 0 amide bonds. The lowest BCUT2D eigenvalue weighted by atomic mass is 10.0. The molecule has 0 saturated heterocycles. The van der Waals surface area contributed by atoms with Gasteiger partial charge in [-0.25, -0.2) is 0 Å². The van der Waals surface area contributed by atoms with Crippen LogP contribution in [0.1, 0.15) is 16.7 Å². The van der Waals surface area contributed by atoms with Gasteiger partial charge >= 0.3 is 0 Å². The molecule has 138 valence electrons. The first-order valence-corrected chi connectivity index (χ1v) is 9.01. The molecule has 25 heavy (non-hydrogen) atoms. The average Bonchev–Trinajstić information content (AvgIpc) is 2.46. The average molecular weight is 360 g/mol. The Balaban J connectivity index is 0.000000370. The summed E-state index contributed by atoms with van der Waals surface area (Å²) in [6.07, 6.45) is 0. The van der Waals surface area contributed by atoms with Crippen LogP contribution in [0.15, 0.2) is 53.4 Å². The minimum absolute atomic E-state index is 1.00. The SMILES string of the molecule is CN(C)Cc1cc(CN(C)C)cc(CN(C)C)c1.Sc1ccccc1. The zero-order valence-electron chi connectivity index (χ0n) is 16.5. The van der Waals surface area contributed by atoms with E-state index in [1.807, 2.05) is 30.3 Å². The lowest BCUT2D eigenvalue weighted by Crippen LogP contribution is -2.16. The molecule has 2 aromatic rings. The molecule has 0 saturated carbocycles. The van der Waals surface area contributed by atoms with Gasteiger partial charge in [0.05, 0.1) is 0 Å². The Bertz CT molecular complexity index is 540. The molecular weight excluding hydrogens is 326 g/mol. The molecular formula is C21H33N3S. The van der Waals surface area contributed by atoms with Gasteiger partial charge in [0.25, 0.3) is 0 Å². The fourth-order valence-electron chi connectivity index (χ4n) is 2.64. The summed E-state index contributed by atoms with van der Waals surface area (Å²) in [4.78, 5) is 7.67. The van der Waals surface area contributed by atoms with Crippen molar-refractivity contribution >= 4 is 12.6 Å². The molecule has 0 aliphatic rings. The van der Waals surface area contributed by atoms with Gasteiger partial charge in [-0.15, -0.1) is 12.6 Å². The standard InChI is InChI=1S/C15H27N3.C6H6S/c1-16(2)10-13-7-14(11-17(3)4)9-15(8-13)12-18(5)6;7-6-4-2-1-3-5-6/h7-9H,10-12H2,1-6H3;1-5,7H. The van der Waals surface area contributed by atoms with E-state index in [0.717, 1.165) is 24.5 Å². The Morgan fingerprint density at radius 1 is 0.600 bits per heavy atom. The maximum Gasteiger partial charge on any atom is 0.0227 e. The predicted molar refractivity (Wildman–Crippen MR) is 112 cm³/mol. The van der Waals surface area contributed by atoms with Gasteiger partial charge in [-0.2, -0.15) is 0 Å². The largest absolute Gasteiger partial charge is 0.305 e. The molecule has 0 fully saturated rings. The zero-order chi connectivity index (χ0) is 18.8. The summed E-state index contributed by atoms with van der Waals surface area (Å²) in [5.41, 5.74) is 4.20. The number of benzene rings is 2. The molecule has 0 bridgehead atoms. The Morgan fingerprint density at radius 2 is 0.920 bits per heavy atom. The van der Waals surface area contributed by atoms with Crippen LogP contribution in [0.3, 0.4) is 0 Å². The van der Waals surface area contributed by atoms with E-state index in [-0.39, 0.29) is 0 Å². The number of thiol groups is 1. The van der Waals surface area contributed by atoms with Crippen molar-refractivity contribution in [2.24, 2.45) is 0 Å². The summed E-state index contributed by atoms with van der Waals surface area (Å²) >= 11 is 4.08. The monoisotopic (exact) mass is 359 g/mol. The molecule has 3 nitrogen and oxygen atoms in total. The van der Waals surface area contributed by atoms with Gasteiger partial charge in [-0.1, -0.05) is 36.4 Å². The highest BCUT2D eigenvalue weighted by Crippen LogP contribution is 2.14. The molecule has 0 unspecified atom stereocenters. The number of hydrogen-bond donors (Lipinski definition) is 1.